The van der Waals surface area contributed by atoms with E-state index in [2.05, 4.69) is 25.8 Å². The van der Waals surface area contributed by atoms with Crippen LogP contribution >= 0.6 is 35.6 Å². The molecule has 172 valence electrons. The summed E-state index contributed by atoms with van der Waals surface area (Å²) in [7, 11) is 0. The van der Waals surface area contributed by atoms with Crippen molar-refractivity contribution in [1.29, 1.82) is 0 Å². The quantitative estimate of drug-likeness (QED) is 0.352. The molecule has 0 saturated carbocycles. The molecule has 0 spiro atoms. The van der Waals surface area contributed by atoms with Crippen LogP contribution in [0.4, 0.5) is 14.5 Å². The zero-order chi connectivity index (χ0) is 22.5. The van der Waals surface area contributed by atoms with Gasteiger partial charge in [0.2, 0.25) is 0 Å². The van der Waals surface area contributed by atoms with E-state index in [0.29, 0.717) is 25.3 Å². The molecular weight excluding hydrogens is 497 g/mol. The molecule has 2 aromatic heterocycles. The van der Waals surface area contributed by atoms with E-state index in [4.69, 9.17) is 23.2 Å². The van der Waals surface area contributed by atoms with Crippen LogP contribution in [0.15, 0.2) is 47.7 Å². The van der Waals surface area contributed by atoms with E-state index in [1.165, 1.54) is 41.4 Å². The molecule has 3 heterocycles. The van der Waals surface area contributed by atoms with E-state index >= 15 is 0 Å². The lowest BCUT2D eigenvalue weighted by Gasteiger charge is -2.33. The van der Waals surface area contributed by atoms with Gasteiger partial charge >= 0.3 is 0 Å². The summed E-state index contributed by atoms with van der Waals surface area (Å²) in [6, 6.07) is 6.95. The molecule has 1 saturated heterocycles. The van der Waals surface area contributed by atoms with Gasteiger partial charge in [0.1, 0.15) is 23.5 Å². The Bertz CT molecular complexity index is 1390. The molecule has 1 aliphatic heterocycles. The van der Waals surface area contributed by atoms with E-state index in [0.717, 1.165) is 0 Å². The predicted octanol–water partition coefficient (Wildman–Crippen LogP) is 4.42. The second-order valence-corrected chi connectivity index (χ2v) is 8.35. The number of aromatic amines is 1. The maximum absolute atomic E-state index is 14.9. The van der Waals surface area contributed by atoms with Gasteiger partial charge in [-0.15, -0.1) is 12.4 Å². The minimum atomic E-state index is -0.989. The van der Waals surface area contributed by atoms with Gasteiger partial charge in [-0.25, -0.2) is 13.8 Å². The number of halogens is 5. The first-order valence-electron chi connectivity index (χ1n) is 9.73. The Kier molecular flexibility index (Phi) is 6.32. The molecule has 3 N–H and O–H groups in total. The Morgan fingerprint density at radius 3 is 2.67 bits per heavy atom. The maximum Gasteiger partial charge on any atom is 0.267 e. The Hall–Kier alpha value is -2.72. The topological polar surface area (TPSA) is 87.6 Å². The molecule has 2 aromatic carbocycles. The number of rotatable bonds is 4. The van der Waals surface area contributed by atoms with Crippen molar-refractivity contribution in [2.24, 2.45) is 0 Å². The van der Waals surface area contributed by atoms with Crippen LogP contribution in [0, 0.1) is 11.6 Å². The SMILES string of the molecule is Cl.O=c1c2cc(NC3(c4c(F)ccc(Cl)c4Cl)CCNC3)cc(F)c2ncn1-c1ccn[nH]1. The molecule has 0 radical (unpaired) electrons. The molecule has 4 aromatic rings. The average molecular weight is 514 g/mol. The number of nitrogens with one attached hydrogen (secondary N) is 3. The summed E-state index contributed by atoms with van der Waals surface area (Å²) >= 11 is 12.5. The van der Waals surface area contributed by atoms with Gasteiger partial charge in [-0.2, -0.15) is 5.10 Å². The van der Waals surface area contributed by atoms with Crippen molar-refractivity contribution in [2.75, 3.05) is 18.4 Å². The van der Waals surface area contributed by atoms with Gasteiger partial charge in [0, 0.05) is 23.9 Å². The minimum Gasteiger partial charge on any atom is -0.374 e. The maximum atomic E-state index is 14.9. The van der Waals surface area contributed by atoms with Gasteiger partial charge in [0.15, 0.2) is 5.82 Å². The highest BCUT2D eigenvalue weighted by Crippen LogP contribution is 2.41. The standard InChI is InChI=1S/C21H16Cl2F2N6O.ClH/c22-13-1-2-14(24)17(18(13)23)21(4-6-26-9-21)29-11-7-12-19(15(25)8-11)27-10-31(20(12)32)16-3-5-28-30-16;/h1-3,5,7-8,10,26,29H,4,6,9H2,(H,28,30);1H. The van der Waals surface area contributed by atoms with Crippen molar-refractivity contribution in [2.45, 2.75) is 12.0 Å². The van der Waals surface area contributed by atoms with Crippen LogP contribution in [0.5, 0.6) is 0 Å². The molecule has 5 rings (SSSR count). The molecular formula is C21H17Cl3F2N6O. The molecule has 7 nitrogen and oxygen atoms in total. The number of anilines is 1. The number of nitrogens with zero attached hydrogens (tertiary/aromatic N) is 3. The summed E-state index contributed by atoms with van der Waals surface area (Å²) in [5.41, 5.74) is -1.06. The second kappa shape index (κ2) is 8.90. The highest BCUT2D eigenvalue weighted by molar-refractivity contribution is 6.42. The summed E-state index contributed by atoms with van der Waals surface area (Å²) in [4.78, 5) is 17.1. The Morgan fingerprint density at radius 1 is 1.15 bits per heavy atom. The summed E-state index contributed by atoms with van der Waals surface area (Å²) in [6.45, 7) is 0.911. The first-order valence-corrected chi connectivity index (χ1v) is 10.5. The van der Waals surface area contributed by atoms with E-state index in [-0.39, 0.29) is 44.6 Å². The fourth-order valence-electron chi connectivity index (χ4n) is 4.13. The zero-order valence-electron chi connectivity index (χ0n) is 16.8. The first-order chi connectivity index (χ1) is 15.4. The summed E-state index contributed by atoms with van der Waals surface area (Å²) in [5, 5.41) is 13.3. The van der Waals surface area contributed by atoms with Gasteiger partial charge in [-0.1, -0.05) is 23.2 Å². The van der Waals surface area contributed by atoms with Gasteiger partial charge < -0.3 is 10.6 Å². The Morgan fingerprint density at radius 2 is 1.97 bits per heavy atom. The number of fused-ring (bicyclic) bond motifs is 1. The molecule has 1 atom stereocenters. The smallest absolute Gasteiger partial charge is 0.267 e. The molecule has 1 aliphatic rings. The fraction of sp³-hybridized carbons (Fsp3) is 0.190. The van der Waals surface area contributed by atoms with Crippen molar-refractivity contribution in [3.8, 4) is 5.82 Å². The molecule has 1 unspecified atom stereocenters. The van der Waals surface area contributed by atoms with Crippen LogP contribution in [0.3, 0.4) is 0 Å². The van der Waals surface area contributed by atoms with Crippen molar-refractivity contribution in [1.82, 2.24) is 25.1 Å². The lowest BCUT2D eigenvalue weighted by atomic mass is 9.87. The van der Waals surface area contributed by atoms with Crippen LogP contribution in [-0.4, -0.2) is 32.8 Å². The van der Waals surface area contributed by atoms with Crippen LogP contribution in [0.2, 0.25) is 10.0 Å². The Labute approximate surface area is 202 Å². The van der Waals surface area contributed by atoms with E-state index in [1.807, 2.05) is 0 Å². The fourth-order valence-corrected chi connectivity index (χ4v) is 4.63. The van der Waals surface area contributed by atoms with Crippen LogP contribution in [0.25, 0.3) is 16.7 Å². The molecule has 0 amide bonds. The molecule has 12 heteroatoms. The monoisotopic (exact) mass is 512 g/mol. The predicted molar refractivity (Wildman–Crippen MR) is 126 cm³/mol. The second-order valence-electron chi connectivity index (χ2n) is 7.57. The number of hydrogen-bond donors (Lipinski definition) is 3. The Balaban J connectivity index is 0.00000259. The van der Waals surface area contributed by atoms with E-state index in [1.54, 1.807) is 6.07 Å². The highest BCUT2D eigenvalue weighted by atomic mass is 35.5. The van der Waals surface area contributed by atoms with Crippen molar-refractivity contribution >= 4 is 52.2 Å². The summed E-state index contributed by atoms with van der Waals surface area (Å²) in [6.07, 6.45) is 3.19. The third-order valence-electron chi connectivity index (χ3n) is 5.62. The first kappa shape index (κ1) is 23.4. The van der Waals surface area contributed by atoms with Crippen molar-refractivity contribution in [3.05, 3.63) is 80.5 Å². The third kappa shape index (κ3) is 3.95. The lowest BCUT2D eigenvalue weighted by Crippen LogP contribution is -2.39. The van der Waals surface area contributed by atoms with Gasteiger partial charge in [-0.3, -0.25) is 14.5 Å². The minimum absolute atomic E-state index is 0. The van der Waals surface area contributed by atoms with Crippen LogP contribution < -0.4 is 16.2 Å². The number of benzene rings is 2. The van der Waals surface area contributed by atoms with Crippen molar-refractivity contribution < 1.29 is 8.78 Å². The third-order valence-corrected chi connectivity index (χ3v) is 6.43. The van der Waals surface area contributed by atoms with Gasteiger partial charge in [-0.05, 0) is 37.2 Å². The molecule has 1 fully saturated rings. The number of hydrogen-bond acceptors (Lipinski definition) is 5. The molecule has 0 aliphatic carbocycles. The zero-order valence-corrected chi connectivity index (χ0v) is 19.2. The lowest BCUT2D eigenvalue weighted by molar-refractivity contribution is 0.495. The summed E-state index contributed by atoms with van der Waals surface area (Å²) < 4.78 is 31.0. The van der Waals surface area contributed by atoms with Gasteiger partial charge in [0.25, 0.3) is 5.56 Å². The highest BCUT2D eigenvalue weighted by Gasteiger charge is 2.40. The molecule has 33 heavy (non-hydrogen) atoms. The summed E-state index contributed by atoms with van der Waals surface area (Å²) in [5.74, 6) is -0.815. The van der Waals surface area contributed by atoms with Crippen LogP contribution in [-0.2, 0) is 5.54 Å². The van der Waals surface area contributed by atoms with Crippen molar-refractivity contribution in [3.63, 3.8) is 0 Å². The van der Waals surface area contributed by atoms with E-state index < -0.39 is 22.7 Å². The normalized spacial score (nSPS) is 17.8. The van der Waals surface area contributed by atoms with Gasteiger partial charge in [0.05, 0.1) is 27.2 Å². The van der Waals surface area contributed by atoms with Crippen LogP contribution in [0.1, 0.15) is 12.0 Å². The number of H-pyrrole nitrogens is 1. The largest absolute Gasteiger partial charge is 0.374 e. The average Bonchev–Trinajstić information content (AvgIpc) is 3.45. The molecule has 0 bridgehead atoms. The number of aromatic nitrogens is 4. The van der Waals surface area contributed by atoms with E-state index in [9.17, 15) is 13.6 Å².